The minimum absolute atomic E-state index is 0. The van der Waals surface area contributed by atoms with Crippen LogP contribution in [0.25, 0.3) is 0 Å². The van der Waals surface area contributed by atoms with E-state index in [-0.39, 0.29) is 88.5 Å². The fraction of sp³-hybridized carbons (Fsp3) is 0.500. The van der Waals surface area contributed by atoms with Crippen LogP contribution in [0.1, 0.15) is 6.42 Å². The van der Waals surface area contributed by atoms with Crippen LogP contribution in [0.5, 0.6) is 0 Å². The number of carbonyl (C=O) groups excluding carboxylic acids is 1. The number of rotatable bonds is 2. The quantitative estimate of drug-likeness (QED) is 0.386. The number of fused-ring (bicyclic) bond motifs is 1. The minimum Gasteiger partial charge on any atom is -1.00 e. The monoisotopic (exact) mass is 273 g/mol. The largest absolute Gasteiger partial charge is 1.00 e. The van der Waals surface area contributed by atoms with E-state index >= 15 is 0 Å². The maximum absolute atomic E-state index is 11.1. The summed E-state index contributed by atoms with van der Waals surface area (Å²) in [5.41, 5.74) is 0. The van der Waals surface area contributed by atoms with Crippen molar-refractivity contribution >= 4 is 11.9 Å². The van der Waals surface area contributed by atoms with Gasteiger partial charge in [0.25, 0.3) is 0 Å². The second-order valence-corrected chi connectivity index (χ2v) is 3.11. The predicted octanol–water partition coefficient (Wildman–Crippen LogP) is -7.09. The molecule has 2 fully saturated rings. The van der Waals surface area contributed by atoms with Gasteiger partial charge in [-0.05, 0) is 6.08 Å². The van der Waals surface area contributed by atoms with Gasteiger partial charge in [0.15, 0.2) is 12.3 Å². The summed E-state index contributed by atoms with van der Waals surface area (Å²) in [6, 6.07) is -1.06. The molecule has 16 heavy (non-hydrogen) atoms. The summed E-state index contributed by atoms with van der Waals surface area (Å²) in [6.07, 6.45) is 1.03. The number of carbonyl (C=O) groups is 2. The normalized spacial score (nSPS) is 28.4. The van der Waals surface area contributed by atoms with E-state index in [1.54, 1.807) is 0 Å². The summed E-state index contributed by atoms with van der Waals surface area (Å²) < 4.78 is 5.17. The average molecular weight is 274 g/mol. The molecule has 1 amide bonds. The SMILES string of the molecule is O=C(O)[C@H]1/C(=C/CO)O[C@@H]2CC(=O)N21.[Cl-].[K+]. The Bertz CT molecular complexity index is 334. The van der Waals surface area contributed by atoms with Gasteiger partial charge in [-0.2, -0.15) is 0 Å². The summed E-state index contributed by atoms with van der Waals surface area (Å²) >= 11 is 0. The third-order valence-electron chi connectivity index (χ3n) is 2.29. The number of halogens is 1. The molecule has 2 aliphatic rings. The number of carboxylic acids is 1. The molecule has 2 N–H and O–H groups in total. The van der Waals surface area contributed by atoms with Crippen LogP contribution in [0.3, 0.4) is 0 Å². The molecule has 0 saturated carbocycles. The van der Waals surface area contributed by atoms with Gasteiger partial charge in [-0.15, -0.1) is 0 Å². The summed E-state index contributed by atoms with van der Waals surface area (Å²) in [6.45, 7) is -0.298. The van der Waals surface area contributed by atoms with Crippen molar-refractivity contribution in [2.45, 2.75) is 18.7 Å². The molecule has 2 rings (SSSR count). The Kier molecular flexibility index (Phi) is 6.48. The van der Waals surface area contributed by atoms with E-state index in [2.05, 4.69) is 0 Å². The van der Waals surface area contributed by atoms with Crippen molar-refractivity contribution in [2.75, 3.05) is 6.61 Å². The molecule has 0 unspecified atom stereocenters. The predicted molar refractivity (Wildman–Crippen MR) is 42.9 cm³/mol. The first-order valence-corrected chi connectivity index (χ1v) is 4.16. The zero-order valence-electron chi connectivity index (χ0n) is 8.59. The Hall–Kier alpha value is 0.366. The molecule has 0 aromatic rings. The summed E-state index contributed by atoms with van der Waals surface area (Å²) in [4.78, 5) is 23.1. The van der Waals surface area contributed by atoms with E-state index in [9.17, 15) is 9.59 Å². The number of nitrogens with zero attached hydrogens (tertiary/aromatic N) is 1. The van der Waals surface area contributed by atoms with E-state index in [0.717, 1.165) is 0 Å². The number of carboxylic acid groups (broad SMARTS) is 1. The van der Waals surface area contributed by atoms with Crippen LogP contribution in [-0.4, -0.2) is 45.9 Å². The second-order valence-electron chi connectivity index (χ2n) is 3.11. The number of β-lactam (4-membered cyclic amide) rings is 1. The molecular weight excluding hydrogens is 265 g/mol. The topological polar surface area (TPSA) is 87.1 Å². The Morgan fingerprint density at radius 3 is 2.69 bits per heavy atom. The Balaban J connectivity index is 0.00000112. The van der Waals surface area contributed by atoms with Crippen LogP contribution in [0.2, 0.25) is 0 Å². The molecular formula is C8H9ClKNO5. The molecule has 2 atom stereocenters. The molecule has 2 aliphatic heterocycles. The number of ether oxygens (including phenoxy) is 1. The average Bonchev–Trinajstić information content (AvgIpc) is 2.39. The van der Waals surface area contributed by atoms with Gasteiger partial charge in [0.05, 0.1) is 13.0 Å². The third kappa shape index (κ3) is 2.61. The van der Waals surface area contributed by atoms with Crippen LogP contribution >= 0.6 is 0 Å². The first-order chi connectivity index (χ1) is 6.65. The summed E-state index contributed by atoms with van der Waals surface area (Å²) in [7, 11) is 0. The summed E-state index contributed by atoms with van der Waals surface area (Å²) in [5.74, 6) is -1.22. The van der Waals surface area contributed by atoms with E-state index in [1.807, 2.05) is 0 Å². The molecule has 2 heterocycles. The molecule has 8 heteroatoms. The second kappa shape index (κ2) is 6.34. The maximum atomic E-state index is 11.1. The van der Waals surface area contributed by atoms with Crippen molar-refractivity contribution < 1.29 is 88.3 Å². The van der Waals surface area contributed by atoms with Crippen molar-refractivity contribution in [2.24, 2.45) is 0 Å². The van der Waals surface area contributed by atoms with Crippen molar-refractivity contribution in [3.8, 4) is 0 Å². The number of hydrogen-bond acceptors (Lipinski definition) is 4. The van der Waals surface area contributed by atoms with E-state index in [1.165, 1.54) is 11.0 Å². The van der Waals surface area contributed by atoms with E-state index in [0.29, 0.717) is 0 Å². The van der Waals surface area contributed by atoms with Gasteiger partial charge in [-0.25, -0.2) is 4.79 Å². The van der Waals surface area contributed by atoms with Gasteiger partial charge in [-0.3, -0.25) is 9.69 Å². The molecule has 84 valence electrons. The van der Waals surface area contributed by atoms with Crippen LogP contribution < -0.4 is 63.8 Å². The molecule has 0 aromatic carbocycles. The van der Waals surface area contributed by atoms with Gasteiger partial charge in [-0.1, -0.05) is 0 Å². The summed E-state index contributed by atoms with van der Waals surface area (Å²) in [5, 5.41) is 17.5. The standard InChI is InChI=1S/C8H9NO5.ClH.K/c10-2-1-4-7(8(12)13)9-5(11)3-6(9)14-4;;/h1,6-7,10H,2-3H2,(H,12,13);1H;/q;;+1/p-1/b4-1-;;/t6-,7-;;/m1../s1. The molecule has 0 bridgehead atoms. The van der Waals surface area contributed by atoms with Gasteiger partial charge in [0.1, 0.15) is 5.76 Å². The first-order valence-electron chi connectivity index (χ1n) is 4.16. The van der Waals surface area contributed by atoms with Crippen molar-refractivity contribution in [3.63, 3.8) is 0 Å². The Morgan fingerprint density at radius 1 is 1.62 bits per heavy atom. The van der Waals surface area contributed by atoms with Crippen LogP contribution in [0, 0.1) is 0 Å². The first kappa shape index (κ1) is 16.4. The fourth-order valence-corrected chi connectivity index (χ4v) is 1.66. The molecule has 0 radical (unpaired) electrons. The fourth-order valence-electron chi connectivity index (χ4n) is 1.66. The molecule has 0 spiro atoms. The van der Waals surface area contributed by atoms with Crippen LogP contribution in [-0.2, 0) is 14.3 Å². The number of amides is 1. The number of aliphatic carboxylic acids is 1. The van der Waals surface area contributed by atoms with Gasteiger partial charge >= 0.3 is 57.4 Å². The maximum Gasteiger partial charge on any atom is 1.00 e. The zero-order valence-corrected chi connectivity index (χ0v) is 12.5. The van der Waals surface area contributed by atoms with Crippen LogP contribution in [0.15, 0.2) is 11.8 Å². The molecule has 0 aromatic heterocycles. The molecule has 6 nitrogen and oxygen atoms in total. The number of aliphatic hydroxyl groups is 1. The van der Waals surface area contributed by atoms with Crippen molar-refractivity contribution in [1.29, 1.82) is 0 Å². The van der Waals surface area contributed by atoms with Crippen LogP contribution in [0.4, 0.5) is 0 Å². The Morgan fingerprint density at radius 2 is 2.25 bits per heavy atom. The Labute approximate surface area is 140 Å². The smallest absolute Gasteiger partial charge is 1.00 e. The van der Waals surface area contributed by atoms with Crippen molar-refractivity contribution in [1.82, 2.24) is 4.90 Å². The third-order valence-corrected chi connectivity index (χ3v) is 2.29. The van der Waals surface area contributed by atoms with E-state index < -0.39 is 18.2 Å². The zero-order chi connectivity index (χ0) is 10.3. The molecule has 0 aliphatic carbocycles. The van der Waals surface area contributed by atoms with Gasteiger partial charge in [0.2, 0.25) is 5.91 Å². The van der Waals surface area contributed by atoms with Crippen molar-refractivity contribution in [3.05, 3.63) is 11.8 Å². The van der Waals surface area contributed by atoms with Gasteiger partial charge < -0.3 is 27.4 Å². The number of aliphatic hydroxyl groups excluding tert-OH is 1. The van der Waals surface area contributed by atoms with E-state index in [4.69, 9.17) is 14.9 Å². The number of hydrogen-bond donors (Lipinski definition) is 2. The minimum atomic E-state index is -1.14. The molecule has 2 saturated heterocycles. The van der Waals surface area contributed by atoms with Gasteiger partial charge in [0, 0.05) is 0 Å².